The fourth-order valence-corrected chi connectivity index (χ4v) is 2.86. The van der Waals surface area contributed by atoms with Gasteiger partial charge in [-0.25, -0.2) is 0 Å². The van der Waals surface area contributed by atoms with Crippen LogP contribution in [0.5, 0.6) is 0 Å². The van der Waals surface area contributed by atoms with E-state index in [1.165, 1.54) is 11.3 Å². The Bertz CT molecular complexity index is 273. The van der Waals surface area contributed by atoms with Crippen molar-refractivity contribution in [1.82, 2.24) is 9.88 Å². The van der Waals surface area contributed by atoms with Crippen LogP contribution in [0.1, 0.15) is 26.3 Å². The molecule has 1 heterocycles. The molecular formula is C13H22N2S. The number of nitrogens with zero attached hydrogens (tertiary/aromatic N) is 2. The Labute approximate surface area is 103 Å². The van der Waals surface area contributed by atoms with Crippen molar-refractivity contribution in [2.45, 2.75) is 32.6 Å². The van der Waals surface area contributed by atoms with Crippen LogP contribution >= 0.6 is 11.8 Å². The van der Waals surface area contributed by atoms with Crippen LogP contribution in [0.2, 0.25) is 0 Å². The van der Waals surface area contributed by atoms with Crippen LogP contribution < -0.4 is 0 Å². The highest BCUT2D eigenvalue weighted by atomic mass is 32.2. The van der Waals surface area contributed by atoms with Gasteiger partial charge in [0.25, 0.3) is 0 Å². The highest BCUT2D eigenvalue weighted by molar-refractivity contribution is 7.98. The number of pyridine rings is 1. The van der Waals surface area contributed by atoms with Crippen LogP contribution in [0.25, 0.3) is 0 Å². The van der Waals surface area contributed by atoms with Gasteiger partial charge in [0.1, 0.15) is 0 Å². The summed E-state index contributed by atoms with van der Waals surface area (Å²) < 4.78 is 0. The van der Waals surface area contributed by atoms with E-state index in [4.69, 9.17) is 0 Å². The first-order valence-corrected chi connectivity index (χ1v) is 7.14. The average Bonchev–Trinajstić information content (AvgIpc) is 2.32. The van der Waals surface area contributed by atoms with Crippen molar-refractivity contribution in [3.8, 4) is 0 Å². The maximum atomic E-state index is 4.13. The summed E-state index contributed by atoms with van der Waals surface area (Å²) in [4.78, 5) is 6.62. The first-order valence-electron chi connectivity index (χ1n) is 5.98. The molecule has 0 saturated heterocycles. The molecule has 1 aromatic rings. The molecule has 1 rings (SSSR count). The molecule has 0 aliphatic carbocycles. The molecule has 0 radical (unpaired) electrons. The third-order valence-corrected chi connectivity index (χ3v) is 4.04. The molecule has 0 aliphatic rings. The van der Waals surface area contributed by atoms with E-state index in [2.05, 4.69) is 36.7 Å². The van der Waals surface area contributed by atoms with E-state index in [1.807, 2.05) is 30.2 Å². The lowest BCUT2D eigenvalue weighted by atomic mass is 10.3. The summed E-state index contributed by atoms with van der Waals surface area (Å²) >= 11 is 1.99. The van der Waals surface area contributed by atoms with Crippen molar-refractivity contribution in [2.75, 3.05) is 18.8 Å². The van der Waals surface area contributed by atoms with E-state index < -0.39 is 0 Å². The van der Waals surface area contributed by atoms with E-state index in [0.29, 0.717) is 6.04 Å². The van der Waals surface area contributed by atoms with Crippen molar-refractivity contribution in [3.05, 3.63) is 30.1 Å². The van der Waals surface area contributed by atoms with E-state index in [-0.39, 0.29) is 0 Å². The third-order valence-electron chi connectivity index (χ3n) is 2.79. The number of thioether (sulfide) groups is 1. The molecule has 1 aromatic heterocycles. The predicted octanol–water partition coefficient (Wildman–Crippen LogP) is 3.05. The summed E-state index contributed by atoms with van der Waals surface area (Å²) in [7, 11) is 0. The minimum absolute atomic E-state index is 0.664. The van der Waals surface area contributed by atoms with Crippen molar-refractivity contribution >= 4 is 11.8 Å². The molecule has 90 valence electrons. The summed E-state index contributed by atoms with van der Waals surface area (Å²) in [5, 5.41) is 0. The molecule has 1 unspecified atom stereocenters. The van der Waals surface area contributed by atoms with Crippen molar-refractivity contribution in [3.63, 3.8) is 0 Å². The summed E-state index contributed by atoms with van der Waals surface area (Å²) in [5.74, 6) is 2.26. The number of hydrogen-bond acceptors (Lipinski definition) is 3. The Morgan fingerprint density at radius 2 is 2.12 bits per heavy atom. The monoisotopic (exact) mass is 238 g/mol. The molecule has 0 fully saturated rings. The zero-order valence-corrected chi connectivity index (χ0v) is 11.3. The Morgan fingerprint density at radius 3 is 2.69 bits per heavy atom. The topological polar surface area (TPSA) is 16.1 Å². The molecule has 0 bridgehead atoms. The lowest BCUT2D eigenvalue weighted by Crippen LogP contribution is -2.34. The summed E-state index contributed by atoms with van der Waals surface area (Å²) in [6.07, 6.45) is 3.78. The third kappa shape index (κ3) is 4.54. The van der Waals surface area contributed by atoms with Crippen molar-refractivity contribution < 1.29 is 0 Å². The van der Waals surface area contributed by atoms with E-state index in [1.54, 1.807) is 0 Å². The molecule has 0 aromatic carbocycles. The fraction of sp³-hybridized carbons (Fsp3) is 0.615. The molecule has 16 heavy (non-hydrogen) atoms. The zero-order chi connectivity index (χ0) is 11.8. The summed E-state index contributed by atoms with van der Waals surface area (Å²) in [5.41, 5.74) is 1.32. The smallest absolute Gasteiger partial charge is 0.0308 e. The second-order valence-electron chi connectivity index (χ2n) is 3.95. The lowest BCUT2D eigenvalue weighted by molar-refractivity contribution is 0.250. The van der Waals surface area contributed by atoms with Gasteiger partial charge in [0.15, 0.2) is 0 Å². The Hall–Kier alpha value is -0.540. The summed E-state index contributed by atoms with van der Waals surface area (Å²) in [6, 6.07) is 4.81. The van der Waals surface area contributed by atoms with Crippen molar-refractivity contribution in [2.24, 2.45) is 0 Å². The second-order valence-corrected chi connectivity index (χ2v) is 4.98. The van der Waals surface area contributed by atoms with Gasteiger partial charge in [0.2, 0.25) is 0 Å². The van der Waals surface area contributed by atoms with Gasteiger partial charge in [0, 0.05) is 29.9 Å². The summed E-state index contributed by atoms with van der Waals surface area (Å²) in [6.45, 7) is 9.05. The quantitative estimate of drug-likeness (QED) is 0.726. The molecule has 3 heteroatoms. The van der Waals surface area contributed by atoms with Gasteiger partial charge in [-0.1, -0.05) is 19.9 Å². The second kappa shape index (κ2) is 7.69. The SMILES string of the molecule is CCN(CC)C(C)CSCc1cccnc1. The van der Waals surface area contributed by atoms with Crippen LogP contribution in [0.4, 0.5) is 0 Å². The molecule has 0 spiro atoms. The molecule has 0 N–H and O–H groups in total. The Morgan fingerprint density at radius 1 is 1.38 bits per heavy atom. The molecule has 0 amide bonds. The minimum atomic E-state index is 0.664. The van der Waals surface area contributed by atoms with Crippen LogP contribution in [0.3, 0.4) is 0 Å². The largest absolute Gasteiger partial charge is 0.300 e. The van der Waals surface area contributed by atoms with Gasteiger partial charge < -0.3 is 4.90 Å². The number of rotatable bonds is 7. The van der Waals surface area contributed by atoms with Crippen molar-refractivity contribution in [1.29, 1.82) is 0 Å². The number of aromatic nitrogens is 1. The Balaban J connectivity index is 2.25. The highest BCUT2D eigenvalue weighted by Gasteiger charge is 2.09. The average molecular weight is 238 g/mol. The predicted molar refractivity (Wildman–Crippen MR) is 72.8 cm³/mol. The first-order chi connectivity index (χ1) is 7.77. The fourth-order valence-electron chi connectivity index (χ4n) is 1.78. The van der Waals surface area contributed by atoms with Crippen LogP contribution in [0, 0.1) is 0 Å². The standard InChI is InChI=1S/C13H22N2S/c1-4-15(5-2)12(3)10-16-11-13-7-6-8-14-9-13/h6-9,12H,4-5,10-11H2,1-3H3. The molecule has 0 aliphatic heterocycles. The highest BCUT2D eigenvalue weighted by Crippen LogP contribution is 2.14. The van der Waals surface area contributed by atoms with E-state index >= 15 is 0 Å². The van der Waals surface area contributed by atoms with Crippen LogP contribution in [-0.2, 0) is 5.75 Å². The van der Waals surface area contributed by atoms with Gasteiger partial charge in [-0.2, -0.15) is 11.8 Å². The maximum absolute atomic E-state index is 4.13. The number of hydrogen-bond donors (Lipinski definition) is 0. The molecular weight excluding hydrogens is 216 g/mol. The molecule has 0 saturated carbocycles. The molecule has 1 atom stereocenters. The van der Waals surface area contributed by atoms with Crippen LogP contribution in [-0.4, -0.2) is 34.8 Å². The van der Waals surface area contributed by atoms with Crippen LogP contribution in [0.15, 0.2) is 24.5 Å². The van der Waals surface area contributed by atoms with E-state index in [9.17, 15) is 0 Å². The van der Waals surface area contributed by atoms with Gasteiger partial charge in [-0.05, 0) is 31.6 Å². The minimum Gasteiger partial charge on any atom is -0.300 e. The maximum Gasteiger partial charge on any atom is 0.0308 e. The van der Waals surface area contributed by atoms with Gasteiger partial charge in [-0.3, -0.25) is 4.98 Å². The van der Waals surface area contributed by atoms with Gasteiger partial charge in [-0.15, -0.1) is 0 Å². The molecule has 2 nitrogen and oxygen atoms in total. The Kier molecular flexibility index (Phi) is 6.50. The van der Waals surface area contributed by atoms with Gasteiger partial charge >= 0.3 is 0 Å². The zero-order valence-electron chi connectivity index (χ0n) is 10.5. The first kappa shape index (κ1) is 13.5. The van der Waals surface area contributed by atoms with E-state index in [0.717, 1.165) is 18.8 Å². The van der Waals surface area contributed by atoms with Gasteiger partial charge in [0.05, 0.1) is 0 Å². The lowest BCUT2D eigenvalue weighted by Gasteiger charge is -2.25. The normalized spacial score (nSPS) is 13.0.